The molecule has 3 unspecified atom stereocenters. The quantitative estimate of drug-likeness (QED) is 0.798. The molecule has 0 aromatic carbocycles. The normalized spacial score (nSPS) is 38.8. The molecule has 0 aromatic heterocycles. The Labute approximate surface area is 106 Å². The molecular weight excluding hydrogens is 210 g/mol. The fraction of sp³-hybridized carbons (Fsp3) is 1.00. The Kier molecular flexibility index (Phi) is 3.69. The first-order valence-corrected chi connectivity index (χ1v) is 7.50. The zero-order valence-corrected chi connectivity index (χ0v) is 11.2. The van der Waals surface area contributed by atoms with Gasteiger partial charge in [-0.25, -0.2) is 0 Å². The van der Waals surface area contributed by atoms with Crippen molar-refractivity contribution in [2.45, 2.75) is 56.7 Å². The summed E-state index contributed by atoms with van der Waals surface area (Å²) in [6.07, 6.45) is 8.45. The van der Waals surface area contributed by atoms with Gasteiger partial charge in [0.25, 0.3) is 0 Å². The molecule has 17 heavy (non-hydrogen) atoms. The molecule has 3 atom stereocenters. The lowest BCUT2D eigenvalue weighted by Crippen LogP contribution is -2.49. The molecule has 0 bridgehead atoms. The molecule has 3 saturated heterocycles. The number of hydrogen-bond acceptors (Lipinski definition) is 3. The molecule has 3 aliphatic heterocycles. The highest BCUT2D eigenvalue weighted by Crippen LogP contribution is 2.29. The van der Waals surface area contributed by atoms with Crippen molar-refractivity contribution >= 4 is 0 Å². The van der Waals surface area contributed by atoms with Crippen LogP contribution in [0.5, 0.6) is 0 Å². The van der Waals surface area contributed by atoms with Gasteiger partial charge in [0, 0.05) is 24.7 Å². The van der Waals surface area contributed by atoms with E-state index in [0.29, 0.717) is 0 Å². The first-order chi connectivity index (χ1) is 8.33. The highest BCUT2D eigenvalue weighted by atomic mass is 15.2. The molecule has 3 aliphatic rings. The highest BCUT2D eigenvalue weighted by molar-refractivity contribution is 4.90. The third-order valence-corrected chi connectivity index (χ3v) is 5.09. The van der Waals surface area contributed by atoms with E-state index in [4.69, 9.17) is 0 Å². The number of nitrogens with zero attached hydrogens (tertiary/aromatic N) is 2. The van der Waals surface area contributed by atoms with Gasteiger partial charge in [0.05, 0.1) is 0 Å². The van der Waals surface area contributed by atoms with Gasteiger partial charge in [-0.05, 0) is 65.2 Å². The maximum atomic E-state index is 3.62. The van der Waals surface area contributed by atoms with Crippen LogP contribution in [0.1, 0.15) is 38.5 Å². The van der Waals surface area contributed by atoms with E-state index in [1.54, 1.807) is 0 Å². The predicted molar refractivity (Wildman–Crippen MR) is 71.3 cm³/mol. The molecule has 0 aliphatic carbocycles. The molecule has 3 fully saturated rings. The number of rotatable bonds is 3. The van der Waals surface area contributed by atoms with Gasteiger partial charge in [0.2, 0.25) is 0 Å². The van der Waals surface area contributed by atoms with Crippen molar-refractivity contribution in [3.05, 3.63) is 0 Å². The van der Waals surface area contributed by atoms with Crippen molar-refractivity contribution in [1.29, 1.82) is 0 Å². The number of hydrogen-bond donors (Lipinski definition) is 1. The molecule has 3 rings (SSSR count). The van der Waals surface area contributed by atoms with Crippen LogP contribution < -0.4 is 5.32 Å². The SMILES string of the molecule is CN(CC1CCCN1)C1CCN2CCCC2C1. The number of piperidine rings is 1. The van der Waals surface area contributed by atoms with Crippen molar-refractivity contribution in [3.8, 4) is 0 Å². The van der Waals surface area contributed by atoms with E-state index in [1.807, 2.05) is 0 Å². The topological polar surface area (TPSA) is 18.5 Å². The van der Waals surface area contributed by atoms with Crippen LogP contribution in [0.25, 0.3) is 0 Å². The lowest BCUT2D eigenvalue weighted by atomic mass is 9.96. The summed E-state index contributed by atoms with van der Waals surface area (Å²) >= 11 is 0. The molecule has 98 valence electrons. The Morgan fingerprint density at radius 2 is 2.12 bits per heavy atom. The summed E-state index contributed by atoms with van der Waals surface area (Å²) in [6.45, 7) is 5.21. The number of fused-ring (bicyclic) bond motifs is 1. The maximum Gasteiger partial charge on any atom is 0.0195 e. The molecule has 0 radical (unpaired) electrons. The largest absolute Gasteiger partial charge is 0.313 e. The van der Waals surface area contributed by atoms with E-state index in [-0.39, 0.29) is 0 Å². The minimum atomic E-state index is 0.765. The van der Waals surface area contributed by atoms with Crippen LogP contribution in [0.4, 0.5) is 0 Å². The average Bonchev–Trinajstić information content (AvgIpc) is 2.97. The summed E-state index contributed by atoms with van der Waals surface area (Å²) in [5.74, 6) is 0. The Balaban J connectivity index is 1.49. The first-order valence-electron chi connectivity index (χ1n) is 7.50. The fourth-order valence-electron chi connectivity index (χ4n) is 4.01. The third-order valence-electron chi connectivity index (χ3n) is 5.09. The summed E-state index contributed by atoms with van der Waals surface area (Å²) in [7, 11) is 2.34. The second kappa shape index (κ2) is 5.25. The van der Waals surface area contributed by atoms with Gasteiger partial charge in [-0.2, -0.15) is 0 Å². The van der Waals surface area contributed by atoms with E-state index in [9.17, 15) is 0 Å². The minimum Gasteiger partial charge on any atom is -0.313 e. The van der Waals surface area contributed by atoms with Crippen LogP contribution in [0.3, 0.4) is 0 Å². The molecule has 3 heteroatoms. The zero-order valence-electron chi connectivity index (χ0n) is 11.2. The highest BCUT2D eigenvalue weighted by Gasteiger charge is 2.33. The number of likely N-dealkylation sites (N-methyl/N-ethyl adjacent to an activating group) is 1. The van der Waals surface area contributed by atoms with Gasteiger partial charge < -0.3 is 15.1 Å². The molecule has 0 saturated carbocycles. The minimum absolute atomic E-state index is 0.765. The van der Waals surface area contributed by atoms with Crippen LogP contribution >= 0.6 is 0 Å². The smallest absolute Gasteiger partial charge is 0.0195 e. The standard InChI is InChI=1S/C14H27N3/c1-16(11-12-4-2-7-15-12)13-6-9-17-8-3-5-14(17)10-13/h12-15H,2-11H2,1H3. The molecule has 0 aromatic rings. The third kappa shape index (κ3) is 2.67. The van der Waals surface area contributed by atoms with Crippen LogP contribution in [0, 0.1) is 0 Å². The van der Waals surface area contributed by atoms with Gasteiger partial charge in [0.15, 0.2) is 0 Å². The maximum absolute atomic E-state index is 3.62. The fourth-order valence-corrected chi connectivity index (χ4v) is 4.01. The molecule has 3 heterocycles. The summed E-state index contributed by atoms with van der Waals surface area (Å²) in [5, 5.41) is 3.62. The van der Waals surface area contributed by atoms with E-state index in [1.165, 1.54) is 64.7 Å². The molecular formula is C14H27N3. The molecule has 3 nitrogen and oxygen atoms in total. The van der Waals surface area contributed by atoms with Crippen molar-refractivity contribution < 1.29 is 0 Å². The van der Waals surface area contributed by atoms with Crippen molar-refractivity contribution in [2.75, 3.05) is 33.2 Å². The van der Waals surface area contributed by atoms with Crippen molar-refractivity contribution in [1.82, 2.24) is 15.1 Å². The van der Waals surface area contributed by atoms with Crippen molar-refractivity contribution in [3.63, 3.8) is 0 Å². The Bertz CT molecular complexity index is 250. The Morgan fingerprint density at radius 3 is 2.94 bits per heavy atom. The summed E-state index contributed by atoms with van der Waals surface area (Å²) < 4.78 is 0. The summed E-state index contributed by atoms with van der Waals surface area (Å²) in [4.78, 5) is 5.36. The van der Waals surface area contributed by atoms with Crippen LogP contribution in [0.15, 0.2) is 0 Å². The van der Waals surface area contributed by atoms with Gasteiger partial charge in [-0.3, -0.25) is 0 Å². The monoisotopic (exact) mass is 237 g/mol. The predicted octanol–water partition coefficient (Wildman–Crippen LogP) is 1.30. The van der Waals surface area contributed by atoms with E-state index < -0.39 is 0 Å². The summed E-state index contributed by atoms with van der Waals surface area (Å²) in [6, 6.07) is 2.52. The first kappa shape index (κ1) is 11.9. The molecule has 1 N–H and O–H groups in total. The Hall–Kier alpha value is -0.120. The Morgan fingerprint density at radius 1 is 1.18 bits per heavy atom. The summed E-state index contributed by atoms with van der Waals surface area (Å²) in [5.41, 5.74) is 0. The van der Waals surface area contributed by atoms with Gasteiger partial charge in [-0.15, -0.1) is 0 Å². The second-order valence-corrected chi connectivity index (χ2v) is 6.24. The van der Waals surface area contributed by atoms with E-state index >= 15 is 0 Å². The number of nitrogens with one attached hydrogen (secondary N) is 1. The van der Waals surface area contributed by atoms with Crippen LogP contribution in [-0.2, 0) is 0 Å². The lowest BCUT2D eigenvalue weighted by Gasteiger charge is -2.40. The average molecular weight is 237 g/mol. The van der Waals surface area contributed by atoms with Crippen LogP contribution in [-0.4, -0.2) is 61.2 Å². The van der Waals surface area contributed by atoms with Gasteiger partial charge in [-0.1, -0.05) is 0 Å². The van der Waals surface area contributed by atoms with Gasteiger partial charge in [0.1, 0.15) is 0 Å². The lowest BCUT2D eigenvalue weighted by molar-refractivity contribution is 0.0992. The zero-order chi connectivity index (χ0) is 11.7. The van der Waals surface area contributed by atoms with Gasteiger partial charge >= 0.3 is 0 Å². The van der Waals surface area contributed by atoms with Crippen LogP contribution in [0.2, 0.25) is 0 Å². The molecule has 0 amide bonds. The molecule has 0 spiro atoms. The second-order valence-electron chi connectivity index (χ2n) is 6.24. The van der Waals surface area contributed by atoms with E-state index in [2.05, 4.69) is 22.2 Å². The van der Waals surface area contributed by atoms with E-state index in [0.717, 1.165) is 18.1 Å². The van der Waals surface area contributed by atoms with Crippen molar-refractivity contribution in [2.24, 2.45) is 0 Å².